The van der Waals surface area contributed by atoms with E-state index in [1.807, 2.05) is 0 Å². The molecule has 1 aromatic carbocycles. The molecule has 0 spiro atoms. The second-order valence-electron chi connectivity index (χ2n) is 6.35. The lowest BCUT2D eigenvalue weighted by Gasteiger charge is -2.29. The van der Waals surface area contributed by atoms with Gasteiger partial charge in [-0.25, -0.2) is 9.18 Å². The number of halogens is 1. The Kier molecular flexibility index (Phi) is 4.26. The Morgan fingerprint density at radius 2 is 2.00 bits per heavy atom. The molecule has 2 unspecified atom stereocenters. The number of para-hydroxylation sites is 1. The SMILES string of the molecule is CC(C(=O)O)N(C(=O)C1CC(=O)N(c2ccccc2F)C1)C1CC1. The number of rotatable bonds is 5. The van der Waals surface area contributed by atoms with Crippen molar-refractivity contribution in [3.63, 3.8) is 0 Å². The fourth-order valence-corrected chi connectivity index (χ4v) is 3.15. The molecule has 1 saturated carbocycles. The molecule has 1 saturated heterocycles. The maximum Gasteiger partial charge on any atom is 0.326 e. The van der Waals surface area contributed by atoms with E-state index in [-0.39, 0.29) is 36.5 Å². The molecule has 0 radical (unpaired) electrons. The topological polar surface area (TPSA) is 77.9 Å². The Morgan fingerprint density at radius 1 is 1.33 bits per heavy atom. The largest absolute Gasteiger partial charge is 0.480 e. The van der Waals surface area contributed by atoms with Crippen molar-refractivity contribution in [3.8, 4) is 0 Å². The highest BCUT2D eigenvalue weighted by molar-refractivity contribution is 6.01. The Labute approximate surface area is 138 Å². The van der Waals surface area contributed by atoms with Gasteiger partial charge < -0.3 is 14.9 Å². The molecule has 2 atom stereocenters. The van der Waals surface area contributed by atoms with Crippen molar-refractivity contribution in [1.29, 1.82) is 0 Å². The lowest BCUT2D eigenvalue weighted by Crippen LogP contribution is -2.47. The van der Waals surface area contributed by atoms with E-state index in [4.69, 9.17) is 0 Å². The van der Waals surface area contributed by atoms with Crippen LogP contribution in [-0.2, 0) is 14.4 Å². The number of nitrogens with zero attached hydrogens (tertiary/aromatic N) is 2. The predicted octanol–water partition coefficient (Wildman–Crippen LogP) is 1.64. The van der Waals surface area contributed by atoms with Crippen molar-refractivity contribution in [1.82, 2.24) is 4.90 Å². The van der Waals surface area contributed by atoms with Crippen molar-refractivity contribution in [3.05, 3.63) is 30.1 Å². The van der Waals surface area contributed by atoms with Crippen LogP contribution in [-0.4, -0.2) is 46.4 Å². The number of carbonyl (C=O) groups excluding carboxylic acids is 2. The number of aliphatic carboxylic acids is 1. The number of amides is 2. The van der Waals surface area contributed by atoms with E-state index in [9.17, 15) is 23.9 Å². The first-order valence-corrected chi connectivity index (χ1v) is 8.00. The molecule has 7 heteroatoms. The van der Waals surface area contributed by atoms with Crippen molar-refractivity contribution in [2.24, 2.45) is 5.92 Å². The molecule has 1 aliphatic carbocycles. The fraction of sp³-hybridized carbons (Fsp3) is 0.471. The zero-order valence-electron chi connectivity index (χ0n) is 13.3. The number of hydrogen-bond donors (Lipinski definition) is 1. The van der Waals surface area contributed by atoms with Crippen LogP contribution in [0.3, 0.4) is 0 Å². The summed E-state index contributed by atoms with van der Waals surface area (Å²) in [5.74, 6) is -2.88. The van der Waals surface area contributed by atoms with E-state index in [1.54, 1.807) is 6.07 Å². The third kappa shape index (κ3) is 2.98. The van der Waals surface area contributed by atoms with Crippen LogP contribution in [0, 0.1) is 11.7 Å². The van der Waals surface area contributed by atoms with E-state index in [1.165, 1.54) is 34.9 Å². The normalized spacial score (nSPS) is 21.7. The van der Waals surface area contributed by atoms with E-state index in [0.29, 0.717) is 0 Å². The monoisotopic (exact) mass is 334 g/mol. The molecule has 2 aliphatic rings. The van der Waals surface area contributed by atoms with Gasteiger partial charge in [0.1, 0.15) is 11.9 Å². The first kappa shape index (κ1) is 16.4. The van der Waals surface area contributed by atoms with Crippen LogP contribution in [0.15, 0.2) is 24.3 Å². The van der Waals surface area contributed by atoms with Crippen molar-refractivity contribution in [2.75, 3.05) is 11.4 Å². The first-order valence-electron chi connectivity index (χ1n) is 8.00. The van der Waals surface area contributed by atoms with Gasteiger partial charge in [0.25, 0.3) is 0 Å². The Morgan fingerprint density at radius 3 is 2.58 bits per heavy atom. The van der Waals surface area contributed by atoms with Gasteiger partial charge in [-0.15, -0.1) is 0 Å². The summed E-state index contributed by atoms with van der Waals surface area (Å²) < 4.78 is 13.9. The van der Waals surface area contributed by atoms with Crippen LogP contribution >= 0.6 is 0 Å². The summed E-state index contributed by atoms with van der Waals surface area (Å²) in [6.07, 6.45) is 1.53. The number of carboxylic acids is 1. The standard InChI is InChI=1S/C17H19FN2O4/c1-10(17(23)24)20(12-6-7-12)16(22)11-8-15(21)19(9-11)14-5-3-2-4-13(14)18/h2-5,10-12H,6-9H2,1H3,(H,23,24). The van der Waals surface area contributed by atoms with Crippen molar-refractivity contribution in [2.45, 2.75) is 38.3 Å². The van der Waals surface area contributed by atoms with Gasteiger partial charge in [0.2, 0.25) is 11.8 Å². The van der Waals surface area contributed by atoms with Crippen LogP contribution in [0.2, 0.25) is 0 Å². The highest BCUT2D eigenvalue weighted by Crippen LogP contribution is 2.33. The highest BCUT2D eigenvalue weighted by atomic mass is 19.1. The van der Waals surface area contributed by atoms with Crippen LogP contribution in [0.1, 0.15) is 26.2 Å². The molecule has 1 aliphatic heterocycles. The van der Waals surface area contributed by atoms with Crippen molar-refractivity contribution < 1.29 is 23.9 Å². The third-order valence-corrected chi connectivity index (χ3v) is 4.59. The number of anilines is 1. The van der Waals surface area contributed by atoms with Crippen molar-refractivity contribution >= 4 is 23.5 Å². The lowest BCUT2D eigenvalue weighted by atomic mass is 10.1. The Hall–Kier alpha value is -2.44. The molecule has 1 N–H and O–H groups in total. The maximum absolute atomic E-state index is 13.9. The average Bonchev–Trinajstić information content (AvgIpc) is 3.29. The third-order valence-electron chi connectivity index (χ3n) is 4.59. The lowest BCUT2D eigenvalue weighted by molar-refractivity contribution is -0.151. The van der Waals surface area contributed by atoms with Gasteiger partial charge in [0.05, 0.1) is 11.6 Å². The van der Waals surface area contributed by atoms with Gasteiger partial charge in [-0.05, 0) is 31.9 Å². The molecule has 1 aromatic rings. The minimum atomic E-state index is -1.06. The van der Waals surface area contributed by atoms with E-state index >= 15 is 0 Å². The molecule has 2 fully saturated rings. The molecule has 6 nitrogen and oxygen atoms in total. The van der Waals surface area contributed by atoms with E-state index in [2.05, 4.69) is 0 Å². The summed E-state index contributed by atoms with van der Waals surface area (Å²) >= 11 is 0. The summed E-state index contributed by atoms with van der Waals surface area (Å²) in [7, 11) is 0. The zero-order chi connectivity index (χ0) is 17.4. The predicted molar refractivity (Wildman–Crippen MR) is 83.8 cm³/mol. The Bertz CT molecular complexity index is 689. The number of benzene rings is 1. The van der Waals surface area contributed by atoms with Gasteiger partial charge in [0, 0.05) is 19.0 Å². The second-order valence-corrected chi connectivity index (χ2v) is 6.35. The van der Waals surface area contributed by atoms with Crippen LogP contribution in [0.25, 0.3) is 0 Å². The summed E-state index contributed by atoms with van der Waals surface area (Å²) in [6.45, 7) is 1.55. The van der Waals surface area contributed by atoms with Gasteiger partial charge >= 0.3 is 5.97 Å². The molecule has 128 valence electrons. The first-order chi connectivity index (χ1) is 11.4. The van der Waals surface area contributed by atoms with Crippen LogP contribution in [0.5, 0.6) is 0 Å². The highest BCUT2D eigenvalue weighted by Gasteiger charge is 2.44. The molecule has 3 rings (SSSR count). The van der Waals surface area contributed by atoms with Gasteiger partial charge in [0.15, 0.2) is 0 Å². The van der Waals surface area contributed by atoms with Gasteiger partial charge in [-0.1, -0.05) is 12.1 Å². The summed E-state index contributed by atoms with van der Waals surface area (Å²) in [5, 5.41) is 9.22. The molecular weight excluding hydrogens is 315 g/mol. The molecule has 2 amide bonds. The molecule has 1 heterocycles. The quantitative estimate of drug-likeness (QED) is 0.888. The molecule has 24 heavy (non-hydrogen) atoms. The Balaban J connectivity index is 1.78. The smallest absolute Gasteiger partial charge is 0.326 e. The van der Waals surface area contributed by atoms with E-state index in [0.717, 1.165) is 12.8 Å². The maximum atomic E-state index is 13.9. The average molecular weight is 334 g/mol. The molecule has 0 bridgehead atoms. The molecular formula is C17H19FN2O4. The van der Waals surface area contributed by atoms with Gasteiger partial charge in [-0.2, -0.15) is 0 Å². The fourth-order valence-electron chi connectivity index (χ4n) is 3.15. The van der Waals surface area contributed by atoms with Crippen LogP contribution < -0.4 is 4.90 Å². The number of carbonyl (C=O) groups is 3. The van der Waals surface area contributed by atoms with Crippen LogP contribution in [0.4, 0.5) is 10.1 Å². The summed E-state index contributed by atoms with van der Waals surface area (Å²) in [5.41, 5.74) is 0.155. The summed E-state index contributed by atoms with van der Waals surface area (Å²) in [4.78, 5) is 38.9. The second kappa shape index (κ2) is 6.22. The summed E-state index contributed by atoms with van der Waals surface area (Å²) in [6, 6.07) is 4.93. The zero-order valence-corrected chi connectivity index (χ0v) is 13.3. The van der Waals surface area contributed by atoms with Gasteiger partial charge in [-0.3, -0.25) is 9.59 Å². The van der Waals surface area contributed by atoms with E-state index < -0.39 is 23.7 Å². The number of carboxylic acid groups (broad SMARTS) is 1. The number of hydrogen-bond acceptors (Lipinski definition) is 3. The minimum absolute atomic E-state index is 0.0251. The minimum Gasteiger partial charge on any atom is -0.480 e. The molecule has 0 aromatic heterocycles.